The van der Waals surface area contributed by atoms with E-state index in [1.54, 1.807) is 19.1 Å². The molecular weight excluding hydrogens is 214 g/mol. The first-order valence-electron chi connectivity index (χ1n) is 4.72. The highest BCUT2D eigenvalue weighted by atomic mass is 16.5. The summed E-state index contributed by atoms with van der Waals surface area (Å²) >= 11 is 0. The maximum absolute atomic E-state index is 11.3. The molecule has 16 heavy (non-hydrogen) atoms. The topological polar surface area (TPSA) is 88.8 Å². The lowest BCUT2D eigenvalue weighted by Crippen LogP contribution is -2.30. The molecule has 1 amide bonds. The van der Waals surface area contributed by atoms with E-state index in [2.05, 4.69) is 10.1 Å². The second-order valence-electron chi connectivity index (χ2n) is 3.19. The van der Waals surface area contributed by atoms with Gasteiger partial charge in [-0.15, -0.1) is 0 Å². The van der Waals surface area contributed by atoms with Crippen molar-refractivity contribution in [2.24, 2.45) is 0 Å². The third-order valence-corrected chi connectivity index (χ3v) is 1.81. The summed E-state index contributed by atoms with van der Waals surface area (Å²) in [5.41, 5.74) is 0. The maximum Gasteiger partial charge on any atom is 0.329 e. The van der Waals surface area contributed by atoms with Crippen molar-refractivity contribution in [2.45, 2.75) is 13.0 Å². The Morgan fingerprint density at radius 1 is 1.56 bits per heavy atom. The predicted molar refractivity (Wildman–Crippen MR) is 53.7 cm³/mol. The van der Waals surface area contributed by atoms with Crippen LogP contribution in [0.5, 0.6) is 0 Å². The van der Waals surface area contributed by atoms with Gasteiger partial charge in [-0.1, -0.05) is 0 Å². The van der Waals surface area contributed by atoms with Crippen molar-refractivity contribution in [3.63, 3.8) is 0 Å². The van der Waals surface area contributed by atoms with Crippen molar-refractivity contribution < 1.29 is 23.8 Å². The van der Waals surface area contributed by atoms with Gasteiger partial charge in [-0.2, -0.15) is 0 Å². The molecule has 6 heteroatoms. The standard InChI is InChI=1S/C10H13NO5/c1-7(8-3-2-4-16-8)11-9(12)5-15-6-10(13)14/h2-4,7H,5-6H2,1H3,(H,11,12)(H,13,14). The monoisotopic (exact) mass is 227 g/mol. The van der Waals surface area contributed by atoms with Gasteiger partial charge < -0.3 is 19.6 Å². The van der Waals surface area contributed by atoms with E-state index in [1.807, 2.05) is 0 Å². The Balaban J connectivity index is 2.26. The Bertz CT molecular complexity index is 346. The van der Waals surface area contributed by atoms with Gasteiger partial charge in [-0.25, -0.2) is 4.79 Å². The summed E-state index contributed by atoms with van der Waals surface area (Å²) in [4.78, 5) is 21.4. The molecule has 2 N–H and O–H groups in total. The number of furan rings is 1. The van der Waals surface area contributed by atoms with Crippen LogP contribution in [0.1, 0.15) is 18.7 Å². The number of carbonyl (C=O) groups excluding carboxylic acids is 1. The molecule has 0 aliphatic carbocycles. The molecule has 1 heterocycles. The van der Waals surface area contributed by atoms with Crippen LogP contribution in [0.4, 0.5) is 0 Å². The molecule has 0 bridgehead atoms. The van der Waals surface area contributed by atoms with Crippen molar-refractivity contribution in [1.29, 1.82) is 0 Å². The minimum Gasteiger partial charge on any atom is -0.480 e. The van der Waals surface area contributed by atoms with E-state index in [1.165, 1.54) is 6.26 Å². The minimum absolute atomic E-state index is 0.268. The molecule has 0 fully saturated rings. The largest absolute Gasteiger partial charge is 0.480 e. The van der Waals surface area contributed by atoms with E-state index in [0.717, 1.165) is 0 Å². The lowest BCUT2D eigenvalue weighted by molar-refractivity contribution is -0.143. The van der Waals surface area contributed by atoms with E-state index >= 15 is 0 Å². The lowest BCUT2D eigenvalue weighted by atomic mass is 10.2. The Morgan fingerprint density at radius 3 is 2.88 bits per heavy atom. The van der Waals surface area contributed by atoms with E-state index in [9.17, 15) is 9.59 Å². The molecule has 1 rings (SSSR count). The van der Waals surface area contributed by atoms with Gasteiger partial charge >= 0.3 is 5.97 Å². The molecular formula is C10H13NO5. The summed E-state index contributed by atoms with van der Waals surface area (Å²) in [5, 5.41) is 10.9. The zero-order valence-electron chi connectivity index (χ0n) is 8.80. The van der Waals surface area contributed by atoms with Crippen LogP contribution in [0.2, 0.25) is 0 Å². The van der Waals surface area contributed by atoms with Crippen LogP contribution in [0.25, 0.3) is 0 Å². The van der Waals surface area contributed by atoms with Crippen LogP contribution in [0, 0.1) is 0 Å². The van der Waals surface area contributed by atoms with Crippen molar-refractivity contribution in [3.8, 4) is 0 Å². The molecule has 0 saturated carbocycles. The van der Waals surface area contributed by atoms with Crippen molar-refractivity contribution in [1.82, 2.24) is 5.32 Å². The molecule has 0 saturated heterocycles. The lowest BCUT2D eigenvalue weighted by Gasteiger charge is -2.10. The van der Waals surface area contributed by atoms with Crippen molar-refractivity contribution >= 4 is 11.9 Å². The normalized spacial score (nSPS) is 12.1. The highest BCUT2D eigenvalue weighted by molar-refractivity contribution is 5.78. The Hall–Kier alpha value is -1.82. The number of rotatable bonds is 6. The fourth-order valence-corrected chi connectivity index (χ4v) is 1.12. The molecule has 6 nitrogen and oxygen atoms in total. The highest BCUT2D eigenvalue weighted by Crippen LogP contribution is 2.11. The van der Waals surface area contributed by atoms with Gasteiger partial charge in [0.15, 0.2) is 0 Å². The quantitative estimate of drug-likeness (QED) is 0.741. The zero-order valence-corrected chi connectivity index (χ0v) is 8.80. The van der Waals surface area contributed by atoms with E-state index in [4.69, 9.17) is 9.52 Å². The SMILES string of the molecule is CC(NC(=O)COCC(=O)O)c1ccco1. The summed E-state index contributed by atoms with van der Waals surface area (Å²) in [6.07, 6.45) is 1.51. The fraction of sp³-hybridized carbons (Fsp3) is 0.400. The number of amides is 1. The van der Waals surface area contributed by atoms with Crippen LogP contribution in [-0.4, -0.2) is 30.2 Å². The van der Waals surface area contributed by atoms with Gasteiger partial charge in [0.2, 0.25) is 5.91 Å². The number of hydrogen-bond donors (Lipinski definition) is 2. The number of aliphatic carboxylic acids is 1. The molecule has 88 valence electrons. The first-order chi connectivity index (χ1) is 7.59. The van der Waals surface area contributed by atoms with E-state index < -0.39 is 12.6 Å². The summed E-state index contributed by atoms with van der Waals surface area (Å²) in [5.74, 6) is -0.858. The summed E-state index contributed by atoms with van der Waals surface area (Å²) in [7, 11) is 0. The number of carbonyl (C=O) groups is 2. The van der Waals surface area contributed by atoms with Crippen LogP contribution >= 0.6 is 0 Å². The summed E-state index contributed by atoms with van der Waals surface area (Å²) in [6, 6.07) is 3.19. The average molecular weight is 227 g/mol. The van der Waals surface area contributed by atoms with Crippen LogP contribution < -0.4 is 5.32 Å². The molecule has 0 radical (unpaired) electrons. The van der Waals surface area contributed by atoms with Gasteiger partial charge in [-0.05, 0) is 19.1 Å². The van der Waals surface area contributed by atoms with E-state index in [0.29, 0.717) is 5.76 Å². The Morgan fingerprint density at radius 2 is 2.31 bits per heavy atom. The summed E-state index contributed by atoms with van der Waals surface area (Å²) in [6.45, 7) is 0.994. The third kappa shape index (κ3) is 4.14. The Labute approximate surface area is 92.2 Å². The molecule has 0 spiro atoms. The number of hydrogen-bond acceptors (Lipinski definition) is 4. The van der Waals surface area contributed by atoms with Gasteiger partial charge in [0, 0.05) is 0 Å². The molecule has 1 unspecified atom stereocenters. The maximum atomic E-state index is 11.3. The number of ether oxygens (including phenoxy) is 1. The van der Waals surface area contributed by atoms with Gasteiger partial charge in [0.1, 0.15) is 19.0 Å². The Kier molecular flexibility index (Phi) is 4.53. The molecule has 1 atom stereocenters. The average Bonchev–Trinajstić information content (AvgIpc) is 2.69. The second kappa shape index (κ2) is 5.92. The van der Waals surface area contributed by atoms with Gasteiger partial charge in [0.25, 0.3) is 0 Å². The third-order valence-electron chi connectivity index (χ3n) is 1.81. The smallest absolute Gasteiger partial charge is 0.329 e. The predicted octanol–water partition coefficient (Wildman–Crippen LogP) is 0.558. The molecule has 1 aromatic rings. The van der Waals surface area contributed by atoms with Crippen LogP contribution in [0.3, 0.4) is 0 Å². The molecule has 1 aromatic heterocycles. The van der Waals surface area contributed by atoms with Crippen LogP contribution in [0.15, 0.2) is 22.8 Å². The molecule has 0 aromatic carbocycles. The molecule has 0 aliphatic rings. The second-order valence-corrected chi connectivity index (χ2v) is 3.19. The summed E-state index contributed by atoms with van der Waals surface area (Å²) < 4.78 is 9.72. The minimum atomic E-state index is -1.10. The van der Waals surface area contributed by atoms with Crippen molar-refractivity contribution in [2.75, 3.05) is 13.2 Å². The van der Waals surface area contributed by atoms with Crippen LogP contribution in [-0.2, 0) is 14.3 Å². The number of nitrogens with one attached hydrogen (secondary N) is 1. The zero-order chi connectivity index (χ0) is 12.0. The number of carboxylic acid groups (broad SMARTS) is 1. The first-order valence-corrected chi connectivity index (χ1v) is 4.72. The van der Waals surface area contributed by atoms with Gasteiger partial charge in [0.05, 0.1) is 12.3 Å². The number of carboxylic acids is 1. The highest BCUT2D eigenvalue weighted by Gasteiger charge is 2.11. The fourth-order valence-electron chi connectivity index (χ4n) is 1.12. The molecule has 0 aliphatic heterocycles. The van der Waals surface area contributed by atoms with Gasteiger partial charge in [-0.3, -0.25) is 4.79 Å². The first kappa shape index (κ1) is 12.3. The van der Waals surface area contributed by atoms with E-state index in [-0.39, 0.29) is 18.6 Å². The van der Waals surface area contributed by atoms with Crippen molar-refractivity contribution in [3.05, 3.63) is 24.2 Å².